The molecule has 5 nitrogen and oxygen atoms in total. The quantitative estimate of drug-likeness (QED) is 0.881. The number of hydrogen-bond acceptors (Lipinski definition) is 5. The number of alkyl halides is 3. The highest BCUT2D eigenvalue weighted by atomic mass is 19.4. The zero-order chi connectivity index (χ0) is 15.7. The lowest BCUT2D eigenvalue weighted by Crippen LogP contribution is -2.24. The van der Waals surface area contributed by atoms with Gasteiger partial charge in [0.25, 0.3) is 0 Å². The van der Waals surface area contributed by atoms with Crippen LogP contribution in [0.4, 0.5) is 13.2 Å². The zero-order valence-corrected chi connectivity index (χ0v) is 11.8. The minimum atomic E-state index is -4.63. The zero-order valence-electron chi connectivity index (χ0n) is 11.8. The fourth-order valence-electron chi connectivity index (χ4n) is 2.67. The molecule has 0 radical (unpaired) electrons. The fraction of sp³-hybridized carbons (Fsp3) is 0.429. The average Bonchev–Trinajstić information content (AvgIpc) is 2.97. The van der Waals surface area contributed by atoms with E-state index in [4.69, 9.17) is 4.84 Å². The maximum absolute atomic E-state index is 12.5. The number of hydroxylamine groups is 1. The highest BCUT2D eigenvalue weighted by Crippen LogP contribution is 2.33. The third-order valence-corrected chi connectivity index (χ3v) is 3.64. The molecule has 1 unspecified atom stereocenters. The van der Waals surface area contributed by atoms with Crippen LogP contribution in [-0.2, 0) is 17.4 Å². The molecule has 1 N–H and O–H groups in total. The second kappa shape index (κ2) is 5.69. The molecule has 0 amide bonds. The average molecular weight is 313 g/mol. The molecule has 0 fully saturated rings. The number of halogens is 3. The summed E-state index contributed by atoms with van der Waals surface area (Å²) in [6.45, 7) is 0. The molecule has 1 aromatic heterocycles. The SMILES string of the molecule is CONC1CCCc2cc(-c3noc(C(F)(F)F)n3)ccc21. The van der Waals surface area contributed by atoms with E-state index in [2.05, 4.69) is 20.1 Å². The van der Waals surface area contributed by atoms with Crippen molar-refractivity contribution in [1.82, 2.24) is 15.6 Å². The Bertz CT molecular complexity index is 670. The number of benzene rings is 1. The van der Waals surface area contributed by atoms with Crippen LogP contribution in [0, 0.1) is 0 Å². The predicted octanol–water partition coefficient (Wildman–Crippen LogP) is 3.28. The van der Waals surface area contributed by atoms with E-state index >= 15 is 0 Å². The summed E-state index contributed by atoms with van der Waals surface area (Å²) in [4.78, 5) is 8.39. The van der Waals surface area contributed by atoms with Gasteiger partial charge in [-0.15, -0.1) is 0 Å². The van der Waals surface area contributed by atoms with E-state index in [0.717, 1.165) is 30.4 Å². The Kier molecular flexibility index (Phi) is 3.88. The smallest absolute Gasteiger partial charge is 0.329 e. The van der Waals surface area contributed by atoms with Crippen molar-refractivity contribution in [1.29, 1.82) is 0 Å². The molecule has 0 spiro atoms. The lowest BCUT2D eigenvalue weighted by Gasteiger charge is -2.25. The highest BCUT2D eigenvalue weighted by Gasteiger charge is 2.38. The van der Waals surface area contributed by atoms with Crippen LogP contribution in [0.2, 0.25) is 0 Å². The third-order valence-electron chi connectivity index (χ3n) is 3.64. The summed E-state index contributed by atoms with van der Waals surface area (Å²) < 4.78 is 41.8. The first kappa shape index (κ1) is 15.0. The van der Waals surface area contributed by atoms with Crippen LogP contribution < -0.4 is 5.48 Å². The van der Waals surface area contributed by atoms with Crippen LogP contribution in [0.15, 0.2) is 22.7 Å². The molecule has 3 rings (SSSR count). The number of fused-ring (bicyclic) bond motifs is 1. The Morgan fingerprint density at radius 3 is 2.86 bits per heavy atom. The molecular formula is C14H14F3N3O2. The van der Waals surface area contributed by atoms with Crippen LogP contribution >= 0.6 is 0 Å². The summed E-state index contributed by atoms with van der Waals surface area (Å²) in [6, 6.07) is 5.45. The minimum absolute atomic E-state index is 0.0584. The molecule has 0 aliphatic heterocycles. The summed E-state index contributed by atoms with van der Waals surface area (Å²) in [6.07, 6.45) is -1.86. The number of aryl methyl sites for hydroxylation is 1. The lowest BCUT2D eigenvalue weighted by atomic mass is 9.87. The van der Waals surface area contributed by atoms with Gasteiger partial charge in [-0.05, 0) is 36.5 Å². The lowest BCUT2D eigenvalue weighted by molar-refractivity contribution is -0.159. The van der Waals surface area contributed by atoms with Crippen molar-refractivity contribution >= 4 is 0 Å². The maximum atomic E-state index is 12.5. The Labute approximate surface area is 124 Å². The Balaban J connectivity index is 1.92. The summed E-state index contributed by atoms with van der Waals surface area (Å²) in [7, 11) is 1.56. The van der Waals surface area contributed by atoms with E-state index in [9.17, 15) is 13.2 Å². The van der Waals surface area contributed by atoms with E-state index in [1.807, 2.05) is 12.1 Å². The van der Waals surface area contributed by atoms with Gasteiger partial charge >= 0.3 is 12.1 Å². The van der Waals surface area contributed by atoms with Gasteiger partial charge in [-0.1, -0.05) is 17.3 Å². The van der Waals surface area contributed by atoms with Gasteiger partial charge in [0.15, 0.2) is 0 Å². The van der Waals surface area contributed by atoms with Gasteiger partial charge < -0.3 is 9.36 Å². The van der Waals surface area contributed by atoms with Crippen molar-refractivity contribution in [2.24, 2.45) is 0 Å². The van der Waals surface area contributed by atoms with Crippen molar-refractivity contribution in [3.8, 4) is 11.4 Å². The van der Waals surface area contributed by atoms with Crippen LogP contribution in [0.5, 0.6) is 0 Å². The van der Waals surface area contributed by atoms with Crippen molar-refractivity contribution < 1.29 is 22.5 Å². The third kappa shape index (κ3) is 2.84. The van der Waals surface area contributed by atoms with Gasteiger partial charge in [0.05, 0.1) is 13.2 Å². The predicted molar refractivity (Wildman–Crippen MR) is 70.6 cm³/mol. The molecule has 0 bridgehead atoms. The number of nitrogens with zero attached hydrogens (tertiary/aromatic N) is 2. The van der Waals surface area contributed by atoms with Crippen LogP contribution in [-0.4, -0.2) is 17.3 Å². The molecule has 118 valence electrons. The normalized spacial score (nSPS) is 18.3. The van der Waals surface area contributed by atoms with Gasteiger partial charge in [-0.25, -0.2) is 0 Å². The Morgan fingerprint density at radius 2 is 2.18 bits per heavy atom. The van der Waals surface area contributed by atoms with Crippen molar-refractivity contribution in [3.63, 3.8) is 0 Å². The first-order valence-electron chi connectivity index (χ1n) is 6.81. The van der Waals surface area contributed by atoms with E-state index < -0.39 is 12.1 Å². The standard InChI is InChI=1S/C14H14F3N3O2/c1-21-19-11-4-2-3-8-7-9(5-6-10(8)11)12-18-13(22-20-12)14(15,16)17/h5-7,11,19H,2-4H2,1H3. The van der Waals surface area contributed by atoms with E-state index in [0.29, 0.717) is 5.56 Å². The van der Waals surface area contributed by atoms with Gasteiger partial charge in [-0.3, -0.25) is 0 Å². The maximum Gasteiger partial charge on any atom is 0.471 e. The van der Waals surface area contributed by atoms with Crippen molar-refractivity contribution in [2.75, 3.05) is 7.11 Å². The summed E-state index contributed by atoms with van der Waals surface area (Å²) in [5.41, 5.74) is 5.57. The molecule has 22 heavy (non-hydrogen) atoms. The van der Waals surface area contributed by atoms with E-state index in [1.165, 1.54) is 0 Å². The summed E-state index contributed by atoms with van der Waals surface area (Å²) in [5.74, 6) is -1.39. The van der Waals surface area contributed by atoms with Crippen molar-refractivity contribution in [2.45, 2.75) is 31.5 Å². The number of rotatable bonds is 3. The first-order chi connectivity index (χ1) is 10.5. The monoisotopic (exact) mass is 313 g/mol. The minimum Gasteiger partial charge on any atom is -0.329 e. The molecule has 2 aromatic rings. The van der Waals surface area contributed by atoms with Gasteiger partial charge in [0, 0.05) is 5.56 Å². The van der Waals surface area contributed by atoms with Crippen LogP contribution in [0.1, 0.15) is 35.9 Å². The van der Waals surface area contributed by atoms with E-state index in [-0.39, 0.29) is 11.9 Å². The Morgan fingerprint density at radius 1 is 1.36 bits per heavy atom. The fourth-order valence-corrected chi connectivity index (χ4v) is 2.67. The molecule has 0 saturated heterocycles. The van der Waals surface area contributed by atoms with E-state index in [1.54, 1.807) is 13.2 Å². The molecule has 1 aromatic carbocycles. The molecule has 1 atom stereocenters. The highest BCUT2D eigenvalue weighted by molar-refractivity contribution is 5.57. The van der Waals surface area contributed by atoms with Crippen LogP contribution in [0.25, 0.3) is 11.4 Å². The summed E-state index contributed by atoms with van der Waals surface area (Å²) >= 11 is 0. The summed E-state index contributed by atoms with van der Waals surface area (Å²) in [5, 5.41) is 3.41. The molecular weight excluding hydrogens is 299 g/mol. The van der Waals surface area contributed by atoms with Gasteiger partial charge in [-0.2, -0.15) is 23.6 Å². The van der Waals surface area contributed by atoms with Gasteiger partial charge in [0.2, 0.25) is 5.82 Å². The first-order valence-corrected chi connectivity index (χ1v) is 6.81. The molecule has 8 heteroatoms. The molecule has 1 heterocycles. The second-order valence-electron chi connectivity index (χ2n) is 5.10. The molecule has 1 aliphatic rings. The second-order valence-corrected chi connectivity index (χ2v) is 5.10. The number of nitrogens with one attached hydrogen (secondary N) is 1. The molecule has 0 saturated carbocycles. The number of aromatic nitrogens is 2. The van der Waals surface area contributed by atoms with Crippen molar-refractivity contribution in [3.05, 3.63) is 35.2 Å². The topological polar surface area (TPSA) is 60.2 Å². The molecule has 1 aliphatic carbocycles. The Hall–Kier alpha value is -1.93. The largest absolute Gasteiger partial charge is 0.471 e. The number of hydrogen-bond donors (Lipinski definition) is 1. The van der Waals surface area contributed by atoms with Crippen LogP contribution in [0.3, 0.4) is 0 Å². The van der Waals surface area contributed by atoms with Gasteiger partial charge in [0.1, 0.15) is 0 Å².